The molecule has 0 spiro atoms. The number of fused-ring (bicyclic) bond motifs is 1. The van der Waals surface area contributed by atoms with Crippen LogP contribution < -0.4 is 0 Å². The van der Waals surface area contributed by atoms with Crippen LogP contribution in [-0.4, -0.2) is 21.2 Å². The van der Waals surface area contributed by atoms with E-state index in [1.807, 2.05) is 24.3 Å². The Morgan fingerprint density at radius 3 is 2.43 bits per heavy atom. The van der Waals surface area contributed by atoms with Crippen LogP contribution in [0.3, 0.4) is 0 Å². The van der Waals surface area contributed by atoms with Crippen LogP contribution in [-0.2, 0) is 16.0 Å². The second kappa shape index (κ2) is 6.15. The number of esters is 1. The molecule has 0 atom stereocenters. The van der Waals surface area contributed by atoms with E-state index in [4.69, 9.17) is 4.74 Å². The van der Waals surface area contributed by atoms with E-state index in [0.717, 1.165) is 21.9 Å². The van der Waals surface area contributed by atoms with Gasteiger partial charge in [-0.15, -0.1) is 5.54 Å². The summed E-state index contributed by atoms with van der Waals surface area (Å²) in [6.45, 7) is 6.71. The molecule has 0 heterocycles. The largest absolute Gasteiger partial charge is 0.469 e. The molecule has 2 rings (SSSR count). The molecule has 0 unspecified atom stereocenters. The van der Waals surface area contributed by atoms with Gasteiger partial charge in [0.05, 0.1) is 13.5 Å². The minimum Gasteiger partial charge on any atom is -0.469 e. The molecule has 2 aromatic carbocycles. The smallest absolute Gasteiger partial charge is 0.309 e. The summed E-state index contributed by atoms with van der Waals surface area (Å²) in [4.78, 5) is 11.3. The second-order valence-electron chi connectivity index (χ2n) is 6.15. The number of hydrogen-bond donors (Lipinski definition) is 0. The number of ether oxygens (including phenoxy) is 1. The summed E-state index contributed by atoms with van der Waals surface area (Å²) in [6.07, 6.45) is 0.309. The van der Waals surface area contributed by atoms with Gasteiger partial charge in [-0.2, -0.15) is 0 Å². The number of carbonyl (C=O) groups is 1. The molecule has 108 valence electrons. The van der Waals surface area contributed by atoms with Crippen molar-refractivity contribution in [1.82, 2.24) is 0 Å². The van der Waals surface area contributed by atoms with Crippen molar-refractivity contribution < 1.29 is 9.53 Å². The SMILES string of the molecule is COC(=O)Cc1ccc2cc(C#C[Si](C)(C)C)ccc2c1. The first-order valence-corrected chi connectivity index (χ1v) is 10.5. The Kier molecular flexibility index (Phi) is 4.49. The van der Waals surface area contributed by atoms with Crippen molar-refractivity contribution in [1.29, 1.82) is 0 Å². The fourth-order valence-electron chi connectivity index (χ4n) is 1.98. The average molecular weight is 296 g/mol. The minimum atomic E-state index is -1.35. The molecule has 0 saturated carbocycles. The van der Waals surface area contributed by atoms with Crippen molar-refractivity contribution in [3.8, 4) is 11.5 Å². The van der Waals surface area contributed by atoms with Gasteiger partial charge in [-0.1, -0.05) is 49.8 Å². The van der Waals surface area contributed by atoms with Gasteiger partial charge in [0, 0.05) is 5.56 Å². The molecule has 2 aromatic rings. The van der Waals surface area contributed by atoms with Crippen molar-refractivity contribution in [2.75, 3.05) is 7.11 Å². The van der Waals surface area contributed by atoms with E-state index in [2.05, 4.69) is 43.2 Å². The van der Waals surface area contributed by atoms with Crippen LogP contribution in [0.5, 0.6) is 0 Å². The van der Waals surface area contributed by atoms with Gasteiger partial charge in [-0.3, -0.25) is 4.79 Å². The lowest BCUT2D eigenvalue weighted by atomic mass is 10.0. The quantitative estimate of drug-likeness (QED) is 0.479. The lowest BCUT2D eigenvalue weighted by Crippen LogP contribution is -2.16. The van der Waals surface area contributed by atoms with E-state index in [-0.39, 0.29) is 5.97 Å². The van der Waals surface area contributed by atoms with Gasteiger partial charge in [0.2, 0.25) is 0 Å². The van der Waals surface area contributed by atoms with Crippen LogP contribution in [0.15, 0.2) is 36.4 Å². The van der Waals surface area contributed by atoms with Gasteiger partial charge in [0.15, 0.2) is 0 Å². The van der Waals surface area contributed by atoms with E-state index in [1.54, 1.807) is 0 Å². The topological polar surface area (TPSA) is 26.3 Å². The molecule has 0 aromatic heterocycles. The van der Waals surface area contributed by atoms with Gasteiger partial charge >= 0.3 is 5.97 Å². The van der Waals surface area contributed by atoms with Crippen LogP contribution in [0.4, 0.5) is 0 Å². The molecular formula is C18H20O2Si. The standard InChI is InChI=1S/C18H20O2Si/c1-20-18(19)13-15-6-8-16-11-14(5-7-17(16)12-15)9-10-21(2,3)4/h5-8,11-12H,13H2,1-4H3. The third kappa shape index (κ3) is 4.47. The third-order valence-corrected chi connectivity index (χ3v) is 3.94. The summed E-state index contributed by atoms with van der Waals surface area (Å²) >= 11 is 0. The Balaban J connectivity index is 2.31. The zero-order chi connectivity index (χ0) is 15.5. The van der Waals surface area contributed by atoms with Crippen LogP contribution in [0.2, 0.25) is 19.6 Å². The number of rotatable bonds is 2. The maximum Gasteiger partial charge on any atom is 0.309 e. The first-order valence-electron chi connectivity index (χ1n) is 7.00. The summed E-state index contributed by atoms with van der Waals surface area (Å²) in [7, 11) is 0.0580. The lowest BCUT2D eigenvalue weighted by Gasteiger charge is -2.05. The van der Waals surface area contributed by atoms with Crippen LogP contribution in [0.25, 0.3) is 10.8 Å². The highest BCUT2D eigenvalue weighted by molar-refractivity contribution is 6.83. The van der Waals surface area contributed by atoms with E-state index >= 15 is 0 Å². The fraction of sp³-hybridized carbons (Fsp3) is 0.278. The maximum absolute atomic E-state index is 11.3. The molecule has 0 saturated heterocycles. The first-order chi connectivity index (χ1) is 9.87. The third-order valence-electron chi connectivity index (χ3n) is 3.06. The van der Waals surface area contributed by atoms with E-state index in [1.165, 1.54) is 7.11 Å². The normalized spacial score (nSPS) is 10.9. The Hall–Kier alpha value is -2.05. The molecular weight excluding hydrogens is 276 g/mol. The number of benzene rings is 2. The average Bonchev–Trinajstić information content (AvgIpc) is 2.44. The molecule has 0 aliphatic rings. The summed E-state index contributed by atoms with van der Waals surface area (Å²) in [6, 6.07) is 12.2. The van der Waals surface area contributed by atoms with Crippen LogP contribution in [0, 0.1) is 11.5 Å². The molecule has 0 radical (unpaired) electrons. The van der Waals surface area contributed by atoms with Crippen molar-refractivity contribution in [3.05, 3.63) is 47.5 Å². The molecule has 0 amide bonds. The van der Waals surface area contributed by atoms with Crippen molar-refractivity contribution in [2.45, 2.75) is 26.1 Å². The van der Waals surface area contributed by atoms with E-state index in [0.29, 0.717) is 6.42 Å². The van der Waals surface area contributed by atoms with Crippen molar-refractivity contribution in [2.24, 2.45) is 0 Å². The summed E-state index contributed by atoms with van der Waals surface area (Å²) < 4.78 is 4.70. The fourth-order valence-corrected chi connectivity index (χ4v) is 2.50. The molecule has 0 aliphatic heterocycles. The Bertz CT molecular complexity index is 730. The predicted molar refractivity (Wildman–Crippen MR) is 89.9 cm³/mol. The Labute approximate surface area is 127 Å². The van der Waals surface area contributed by atoms with E-state index in [9.17, 15) is 4.79 Å². The highest BCUT2D eigenvalue weighted by Gasteiger charge is 2.07. The number of methoxy groups -OCH3 is 1. The molecule has 21 heavy (non-hydrogen) atoms. The lowest BCUT2D eigenvalue weighted by molar-refractivity contribution is -0.139. The van der Waals surface area contributed by atoms with Gasteiger partial charge in [0.25, 0.3) is 0 Å². The molecule has 3 heteroatoms. The van der Waals surface area contributed by atoms with Crippen LogP contribution >= 0.6 is 0 Å². The first kappa shape index (κ1) is 15.3. The van der Waals surface area contributed by atoms with E-state index < -0.39 is 8.07 Å². The number of carbonyl (C=O) groups excluding carboxylic acids is 1. The highest BCUT2D eigenvalue weighted by Crippen LogP contribution is 2.18. The second-order valence-corrected chi connectivity index (χ2v) is 10.9. The molecule has 0 N–H and O–H groups in total. The van der Waals surface area contributed by atoms with Crippen molar-refractivity contribution in [3.63, 3.8) is 0 Å². The maximum atomic E-state index is 11.3. The van der Waals surface area contributed by atoms with Gasteiger partial charge in [-0.25, -0.2) is 0 Å². The van der Waals surface area contributed by atoms with Gasteiger partial charge < -0.3 is 4.74 Å². The number of hydrogen-bond acceptors (Lipinski definition) is 2. The molecule has 0 aliphatic carbocycles. The zero-order valence-electron chi connectivity index (χ0n) is 13.0. The molecule has 0 bridgehead atoms. The minimum absolute atomic E-state index is 0.216. The zero-order valence-corrected chi connectivity index (χ0v) is 14.0. The Morgan fingerprint density at radius 1 is 1.10 bits per heavy atom. The monoisotopic (exact) mass is 296 g/mol. The molecule has 2 nitrogen and oxygen atoms in total. The highest BCUT2D eigenvalue weighted by atomic mass is 28.3. The summed E-state index contributed by atoms with van der Waals surface area (Å²) in [5.41, 5.74) is 5.39. The summed E-state index contributed by atoms with van der Waals surface area (Å²) in [5, 5.41) is 2.26. The van der Waals surface area contributed by atoms with Crippen LogP contribution in [0.1, 0.15) is 11.1 Å². The molecule has 0 fully saturated rings. The van der Waals surface area contributed by atoms with Gasteiger partial charge in [-0.05, 0) is 28.5 Å². The summed E-state index contributed by atoms with van der Waals surface area (Å²) in [5.74, 6) is 3.05. The Morgan fingerprint density at radius 2 is 1.76 bits per heavy atom. The van der Waals surface area contributed by atoms with Gasteiger partial charge in [0.1, 0.15) is 8.07 Å². The predicted octanol–water partition coefficient (Wildman–Crippen LogP) is 3.78. The van der Waals surface area contributed by atoms with Crippen molar-refractivity contribution >= 4 is 24.8 Å².